The number of carbonyl (C=O) groups is 1. The van der Waals surface area contributed by atoms with Crippen LogP contribution in [-0.2, 0) is 0 Å². The van der Waals surface area contributed by atoms with E-state index < -0.39 is 5.78 Å². The molecule has 6 heteroatoms. The van der Waals surface area contributed by atoms with Gasteiger partial charge in [-0.05, 0) is 40.2 Å². The molecule has 0 aliphatic heterocycles. The second-order valence-corrected chi connectivity index (χ2v) is 4.84. The standard InChI is InChI=1S/C15H13BrO5/c1-19-10-7-12(18)15(13(8-10)20-2)11(17)5-3-9-4-6-14(16)21-9/h3-8,18H,1-2H3/b5-3+. The van der Waals surface area contributed by atoms with Crippen molar-refractivity contribution >= 4 is 27.8 Å². The Balaban J connectivity index is 2.32. The van der Waals surface area contributed by atoms with E-state index in [0.717, 1.165) is 0 Å². The summed E-state index contributed by atoms with van der Waals surface area (Å²) >= 11 is 3.18. The maximum atomic E-state index is 12.2. The van der Waals surface area contributed by atoms with E-state index in [1.165, 1.54) is 38.5 Å². The van der Waals surface area contributed by atoms with Crippen molar-refractivity contribution in [1.29, 1.82) is 0 Å². The van der Waals surface area contributed by atoms with E-state index in [0.29, 0.717) is 16.2 Å². The zero-order chi connectivity index (χ0) is 15.4. The molecule has 1 heterocycles. The summed E-state index contributed by atoms with van der Waals surface area (Å²) in [5, 5.41) is 9.96. The SMILES string of the molecule is COc1cc(O)c(C(=O)/C=C/c2ccc(Br)o2)c(OC)c1. The first kappa shape index (κ1) is 15.2. The van der Waals surface area contributed by atoms with E-state index in [1.807, 2.05) is 0 Å². The highest BCUT2D eigenvalue weighted by atomic mass is 79.9. The number of halogens is 1. The number of carbonyl (C=O) groups excluding carboxylic acids is 1. The lowest BCUT2D eigenvalue weighted by molar-refractivity contribution is 0.104. The van der Waals surface area contributed by atoms with Crippen molar-refractivity contribution < 1.29 is 23.8 Å². The van der Waals surface area contributed by atoms with Crippen molar-refractivity contribution in [3.8, 4) is 17.2 Å². The van der Waals surface area contributed by atoms with E-state index in [-0.39, 0.29) is 17.1 Å². The van der Waals surface area contributed by atoms with Gasteiger partial charge in [-0.1, -0.05) is 0 Å². The minimum atomic E-state index is -0.403. The predicted molar refractivity (Wildman–Crippen MR) is 81.0 cm³/mol. The fraction of sp³-hybridized carbons (Fsp3) is 0.133. The highest BCUT2D eigenvalue weighted by Crippen LogP contribution is 2.33. The summed E-state index contributed by atoms with van der Waals surface area (Å²) in [5.41, 5.74) is 0.0696. The van der Waals surface area contributed by atoms with Gasteiger partial charge in [-0.2, -0.15) is 0 Å². The monoisotopic (exact) mass is 352 g/mol. The van der Waals surface area contributed by atoms with Crippen LogP contribution in [0.15, 0.2) is 39.4 Å². The molecule has 0 radical (unpaired) electrons. The number of hydrogen-bond donors (Lipinski definition) is 1. The van der Waals surface area contributed by atoms with Crippen LogP contribution in [0.3, 0.4) is 0 Å². The first-order valence-corrected chi connectivity index (χ1v) is 6.77. The molecule has 0 amide bonds. The van der Waals surface area contributed by atoms with Crippen LogP contribution in [0.1, 0.15) is 16.1 Å². The predicted octanol–water partition coefficient (Wildman–Crippen LogP) is 3.66. The van der Waals surface area contributed by atoms with Gasteiger partial charge in [-0.15, -0.1) is 0 Å². The summed E-state index contributed by atoms with van der Waals surface area (Å²) in [5.74, 6) is 0.546. The quantitative estimate of drug-likeness (QED) is 0.656. The van der Waals surface area contributed by atoms with Crippen LogP contribution in [0, 0.1) is 0 Å². The van der Waals surface area contributed by atoms with Gasteiger partial charge in [-0.3, -0.25) is 4.79 Å². The lowest BCUT2D eigenvalue weighted by atomic mass is 10.1. The maximum absolute atomic E-state index is 12.2. The molecule has 0 fully saturated rings. The second-order valence-electron chi connectivity index (χ2n) is 4.06. The van der Waals surface area contributed by atoms with Gasteiger partial charge in [0.2, 0.25) is 0 Å². The fourth-order valence-electron chi connectivity index (χ4n) is 1.76. The zero-order valence-corrected chi connectivity index (χ0v) is 13.0. The molecule has 110 valence electrons. The number of aromatic hydroxyl groups is 1. The van der Waals surface area contributed by atoms with Gasteiger partial charge in [-0.25, -0.2) is 0 Å². The molecule has 0 aliphatic carbocycles. The number of furan rings is 1. The lowest BCUT2D eigenvalue weighted by Gasteiger charge is -2.10. The Kier molecular flexibility index (Phi) is 4.70. The number of ketones is 1. The molecule has 1 aromatic carbocycles. The molecule has 5 nitrogen and oxygen atoms in total. The van der Waals surface area contributed by atoms with Gasteiger partial charge in [0.1, 0.15) is 28.6 Å². The molecule has 0 aliphatic rings. The first-order valence-electron chi connectivity index (χ1n) is 5.98. The molecule has 21 heavy (non-hydrogen) atoms. The smallest absolute Gasteiger partial charge is 0.193 e. The normalized spacial score (nSPS) is 10.8. The number of benzene rings is 1. The van der Waals surface area contributed by atoms with Crippen LogP contribution >= 0.6 is 15.9 Å². The van der Waals surface area contributed by atoms with Gasteiger partial charge >= 0.3 is 0 Å². The molecule has 0 spiro atoms. The lowest BCUT2D eigenvalue weighted by Crippen LogP contribution is -2.00. The van der Waals surface area contributed by atoms with Crippen LogP contribution in [0.2, 0.25) is 0 Å². The number of hydrogen-bond acceptors (Lipinski definition) is 5. The molecule has 0 bridgehead atoms. The number of phenolic OH excluding ortho intramolecular Hbond substituents is 1. The van der Waals surface area contributed by atoms with Crippen molar-refractivity contribution in [2.24, 2.45) is 0 Å². The third-order valence-corrected chi connectivity index (χ3v) is 3.18. The minimum absolute atomic E-state index is 0.0696. The molecule has 2 rings (SSSR count). The summed E-state index contributed by atoms with van der Waals surface area (Å²) < 4.78 is 16.0. The Bertz CT molecular complexity index is 687. The third-order valence-electron chi connectivity index (χ3n) is 2.75. The van der Waals surface area contributed by atoms with E-state index in [1.54, 1.807) is 12.1 Å². The van der Waals surface area contributed by atoms with Gasteiger partial charge in [0.05, 0.1) is 14.2 Å². The van der Waals surface area contributed by atoms with Crippen molar-refractivity contribution in [3.63, 3.8) is 0 Å². The number of phenols is 1. The van der Waals surface area contributed by atoms with Gasteiger partial charge in [0.25, 0.3) is 0 Å². The molecule has 0 saturated heterocycles. The second kappa shape index (κ2) is 6.49. The van der Waals surface area contributed by atoms with Crippen molar-refractivity contribution in [2.45, 2.75) is 0 Å². The van der Waals surface area contributed by atoms with Crippen molar-refractivity contribution in [3.05, 3.63) is 46.3 Å². The van der Waals surface area contributed by atoms with Crippen LogP contribution in [0.4, 0.5) is 0 Å². The van der Waals surface area contributed by atoms with Crippen molar-refractivity contribution in [2.75, 3.05) is 14.2 Å². The molecular weight excluding hydrogens is 340 g/mol. The average Bonchev–Trinajstić information content (AvgIpc) is 2.89. The molecule has 0 saturated carbocycles. The summed E-state index contributed by atoms with van der Waals surface area (Å²) in [7, 11) is 2.88. The fourth-order valence-corrected chi connectivity index (χ4v) is 2.08. The summed E-state index contributed by atoms with van der Waals surface area (Å²) in [6.07, 6.45) is 2.81. The minimum Gasteiger partial charge on any atom is -0.507 e. The first-order chi connectivity index (χ1) is 10.0. The largest absolute Gasteiger partial charge is 0.507 e. The van der Waals surface area contributed by atoms with Gasteiger partial charge in [0, 0.05) is 12.1 Å². The summed E-state index contributed by atoms with van der Waals surface area (Å²) in [4.78, 5) is 12.2. The Morgan fingerprint density at radius 1 is 1.29 bits per heavy atom. The van der Waals surface area contributed by atoms with Crippen LogP contribution in [0.25, 0.3) is 6.08 Å². The van der Waals surface area contributed by atoms with E-state index in [4.69, 9.17) is 13.9 Å². The Morgan fingerprint density at radius 3 is 2.62 bits per heavy atom. The van der Waals surface area contributed by atoms with E-state index in [2.05, 4.69) is 15.9 Å². The summed E-state index contributed by atoms with van der Waals surface area (Å²) in [6.45, 7) is 0. The topological polar surface area (TPSA) is 68.9 Å². The molecule has 2 aromatic rings. The van der Waals surface area contributed by atoms with Crippen LogP contribution in [-0.4, -0.2) is 25.1 Å². The number of rotatable bonds is 5. The molecule has 0 atom stereocenters. The highest BCUT2D eigenvalue weighted by molar-refractivity contribution is 9.10. The van der Waals surface area contributed by atoms with E-state index >= 15 is 0 Å². The molecular formula is C15H13BrO5. The van der Waals surface area contributed by atoms with Gasteiger partial charge < -0.3 is 19.0 Å². The Labute approximate surface area is 129 Å². The highest BCUT2D eigenvalue weighted by Gasteiger charge is 2.17. The molecule has 1 N–H and O–H groups in total. The summed E-state index contributed by atoms with van der Waals surface area (Å²) in [6, 6.07) is 6.31. The maximum Gasteiger partial charge on any atom is 0.193 e. The number of allylic oxidation sites excluding steroid dienone is 1. The zero-order valence-electron chi connectivity index (χ0n) is 11.4. The van der Waals surface area contributed by atoms with E-state index in [9.17, 15) is 9.90 Å². The van der Waals surface area contributed by atoms with Crippen molar-refractivity contribution in [1.82, 2.24) is 0 Å². The third kappa shape index (κ3) is 3.46. The number of ether oxygens (including phenoxy) is 2. The Hall–Kier alpha value is -2.21. The average molecular weight is 353 g/mol. The van der Waals surface area contributed by atoms with Crippen LogP contribution in [0.5, 0.6) is 17.2 Å². The molecule has 0 unspecified atom stereocenters. The van der Waals surface area contributed by atoms with Crippen LogP contribution < -0.4 is 9.47 Å². The molecule has 1 aromatic heterocycles. The Morgan fingerprint density at radius 2 is 2.05 bits per heavy atom. The number of methoxy groups -OCH3 is 2. The van der Waals surface area contributed by atoms with Gasteiger partial charge in [0.15, 0.2) is 10.5 Å².